The van der Waals surface area contributed by atoms with Crippen molar-refractivity contribution in [3.05, 3.63) is 78.0 Å². The van der Waals surface area contributed by atoms with E-state index in [1.54, 1.807) is 6.20 Å². The second kappa shape index (κ2) is 8.44. The number of piperazine rings is 1. The summed E-state index contributed by atoms with van der Waals surface area (Å²) in [6.45, 7) is 8.65. The Kier molecular flexibility index (Phi) is 5.73. The van der Waals surface area contributed by atoms with E-state index in [1.807, 2.05) is 33.8 Å². The second-order valence-electron chi connectivity index (χ2n) is 8.90. The molecule has 0 aliphatic carbocycles. The molecule has 0 unspecified atom stereocenters. The number of hydrogen-bond donors (Lipinski definition) is 1. The molecule has 1 atom stereocenters. The average molecular weight is 403 g/mol. The molecule has 1 aliphatic heterocycles. The van der Waals surface area contributed by atoms with Gasteiger partial charge in [-0.25, -0.2) is 0 Å². The number of nitrogens with zero attached hydrogens (tertiary/aromatic N) is 3. The number of benzene rings is 2. The van der Waals surface area contributed by atoms with Crippen molar-refractivity contribution in [2.75, 3.05) is 19.6 Å². The molecule has 1 amide bonds. The summed E-state index contributed by atoms with van der Waals surface area (Å²) >= 11 is 0. The molecule has 1 aromatic heterocycles. The standard InChI is InChI=1S/C25H30N4O/c1-25(2,3)29-23(20-12-8-5-9-13-20)22(18-27-29)24(30)28-15-14-26-17-21(28)16-19-10-6-4-7-11-19/h4-13,18,21,26H,14-17H2,1-3H3/t21-/m1/s1. The second-order valence-corrected chi connectivity index (χ2v) is 8.90. The minimum Gasteiger partial charge on any atom is -0.333 e. The highest BCUT2D eigenvalue weighted by Gasteiger charge is 2.32. The van der Waals surface area contributed by atoms with Crippen LogP contribution in [0.4, 0.5) is 0 Å². The Morgan fingerprint density at radius 2 is 1.73 bits per heavy atom. The van der Waals surface area contributed by atoms with Crippen LogP contribution >= 0.6 is 0 Å². The van der Waals surface area contributed by atoms with Crippen molar-refractivity contribution < 1.29 is 4.79 Å². The van der Waals surface area contributed by atoms with Crippen LogP contribution in [0.1, 0.15) is 36.7 Å². The first-order valence-electron chi connectivity index (χ1n) is 10.6. The predicted molar refractivity (Wildman–Crippen MR) is 120 cm³/mol. The maximum Gasteiger partial charge on any atom is 0.258 e. The van der Waals surface area contributed by atoms with Crippen LogP contribution in [0.2, 0.25) is 0 Å². The fraction of sp³-hybridized carbons (Fsp3) is 0.360. The Morgan fingerprint density at radius 1 is 1.07 bits per heavy atom. The first kappa shape index (κ1) is 20.4. The molecule has 5 heteroatoms. The van der Waals surface area contributed by atoms with E-state index in [2.05, 4.69) is 67.6 Å². The molecule has 1 aliphatic rings. The van der Waals surface area contributed by atoms with E-state index in [1.165, 1.54) is 5.56 Å². The number of aromatic nitrogens is 2. The first-order valence-corrected chi connectivity index (χ1v) is 10.6. The SMILES string of the molecule is CC(C)(C)n1ncc(C(=O)N2CCNC[C@H]2Cc2ccccc2)c1-c1ccccc1. The molecule has 30 heavy (non-hydrogen) atoms. The van der Waals surface area contributed by atoms with Gasteiger partial charge in [0.15, 0.2) is 0 Å². The van der Waals surface area contributed by atoms with E-state index in [-0.39, 0.29) is 17.5 Å². The maximum atomic E-state index is 13.8. The van der Waals surface area contributed by atoms with Gasteiger partial charge in [0.05, 0.1) is 23.0 Å². The van der Waals surface area contributed by atoms with Gasteiger partial charge in [-0.05, 0) is 32.8 Å². The molecule has 0 saturated carbocycles. The molecule has 4 rings (SSSR count). The fourth-order valence-corrected chi connectivity index (χ4v) is 4.14. The molecule has 2 aromatic carbocycles. The number of amides is 1. The molecule has 1 saturated heterocycles. The third kappa shape index (κ3) is 4.17. The number of carbonyl (C=O) groups excluding carboxylic acids is 1. The highest BCUT2D eigenvalue weighted by molar-refractivity contribution is 6.00. The van der Waals surface area contributed by atoms with Crippen molar-refractivity contribution in [2.24, 2.45) is 0 Å². The van der Waals surface area contributed by atoms with Crippen LogP contribution in [-0.2, 0) is 12.0 Å². The van der Waals surface area contributed by atoms with Crippen molar-refractivity contribution in [3.63, 3.8) is 0 Å². The van der Waals surface area contributed by atoms with E-state index in [0.717, 1.165) is 30.8 Å². The number of hydrogen-bond acceptors (Lipinski definition) is 3. The van der Waals surface area contributed by atoms with Crippen molar-refractivity contribution in [3.8, 4) is 11.3 Å². The van der Waals surface area contributed by atoms with Crippen LogP contribution in [0.3, 0.4) is 0 Å². The molecule has 1 fully saturated rings. The lowest BCUT2D eigenvalue weighted by Gasteiger charge is -2.36. The summed E-state index contributed by atoms with van der Waals surface area (Å²) in [6, 6.07) is 20.6. The quantitative estimate of drug-likeness (QED) is 0.719. The highest BCUT2D eigenvalue weighted by atomic mass is 16.2. The molecule has 2 heterocycles. The zero-order chi connectivity index (χ0) is 21.1. The van der Waals surface area contributed by atoms with Gasteiger partial charge in [0.1, 0.15) is 0 Å². The minimum absolute atomic E-state index is 0.0618. The van der Waals surface area contributed by atoms with Gasteiger partial charge in [0.25, 0.3) is 5.91 Å². The normalized spacial score (nSPS) is 17.2. The Bertz CT molecular complexity index is 989. The number of carbonyl (C=O) groups is 1. The van der Waals surface area contributed by atoms with Crippen LogP contribution in [-0.4, -0.2) is 46.3 Å². The van der Waals surface area contributed by atoms with Gasteiger partial charge in [0, 0.05) is 31.2 Å². The van der Waals surface area contributed by atoms with E-state index in [4.69, 9.17) is 0 Å². The van der Waals surface area contributed by atoms with Crippen LogP contribution in [0.5, 0.6) is 0 Å². The van der Waals surface area contributed by atoms with Crippen LogP contribution in [0.15, 0.2) is 66.9 Å². The monoisotopic (exact) mass is 402 g/mol. The Labute approximate surface area is 178 Å². The van der Waals surface area contributed by atoms with Gasteiger partial charge in [-0.2, -0.15) is 5.10 Å². The third-order valence-electron chi connectivity index (χ3n) is 5.61. The lowest BCUT2D eigenvalue weighted by molar-refractivity contribution is 0.0636. The predicted octanol–water partition coefficient (Wildman–Crippen LogP) is 3.96. The molecule has 0 radical (unpaired) electrons. The Morgan fingerprint density at radius 3 is 2.40 bits per heavy atom. The molecular formula is C25H30N4O. The van der Waals surface area contributed by atoms with Gasteiger partial charge in [-0.15, -0.1) is 0 Å². The summed E-state index contributed by atoms with van der Waals surface area (Å²) < 4.78 is 1.98. The minimum atomic E-state index is -0.226. The Balaban J connectivity index is 1.70. The topological polar surface area (TPSA) is 50.2 Å². The number of nitrogens with one attached hydrogen (secondary N) is 1. The fourth-order valence-electron chi connectivity index (χ4n) is 4.14. The van der Waals surface area contributed by atoms with Crippen molar-refractivity contribution in [1.29, 1.82) is 0 Å². The van der Waals surface area contributed by atoms with Crippen LogP contribution in [0.25, 0.3) is 11.3 Å². The summed E-state index contributed by atoms with van der Waals surface area (Å²) in [7, 11) is 0. The zero-order valence-corrected chi connectivity index (χ0v) is 18.0. The summed E-state index contributed by atoms with van der Waals surface area (Å²) in [4.78, 5) is 15.8. The molecule has 1 N–H and O–H groups in total. The van der Waals surface area contributed by atoms with Crippen molar-refractivity contribution in [1.82, 2.24) is 20.0 Å². The molecule has 5 nitrogen and oxygen atoms in total. The lowest BCUT2D eigenvalue weighted by atomic mass is 10.00. The van der Waals surface area contributed by atoms with E-state index >= 15 is 0 Å². The van der Waals surface area contributed by atoms with Gasteiger partial charge < -0.3 is 10.2 Å². The van der Waals surface area contributed by atoms with Gasteiger partial charge in [-0.1, -0.05) is 60.7 Å². The zero-order valence-electron chi connectivity index (χ0n) is 18.0. The highest BCUT2D eigenvalue weighted by Crippen LogP contribution is 2.30. The van der Waals surface area contributed by atoms with Crippen LogP contribution in [0, 0.1) is 0 Å². The van der Waals surface area contributed by atoms with E-state index in [0.29, 0.717) is 12.1 Å². The smallest absolute Gasteiger partial charge is 0.258 e. The summed E-state index contributed by atoms with van der Waals surface area (Å²) in [5, 5.41) is 8.09. The van der Waals surface area contributed by atoms with E-state index < -0.39 is 0 Å². The molecule has 0 spiro atoms. The van der Waals surface area contributed by atoms with Crippen molar-refractivity contribution in [2.45, 2.75) is 38.8 Å². The number of rotatable bonds is 4. The Hall–Kier alpha value is -2.92. The summed E-state index contributed by atoms with van der Waals surface area (Å²) in [5.41, 5.74) is 3.61. The first-order chi connectivity index (χ1) is 14.4. The van der Waals surface area contributed by atoms with Gasteiger partial charge >= 0.3 is 0 Å². The average Bonchev–Trinajstić information content (AvgIpc) is 3.21. The molecule has 156 valence electrons. The van der Waals surface area contributed by atoms with E-state index in [9.17, 15) is 4.79 Å². The summed E-state index contributed by atoms with van der Waals surface area (Å²) in [6.07, 6.45) is 2.59. The lowest BCUT2D eigenvalue weighted by Crippen LogP contribution is -2.54. The molecule has 0 bridgehead atoms. The van der Waals surface area contributed by atoms with Gasteiger partial charge in [0.2, 0.25) is 0 Å². The van der Waals surface area contributed by atoms with Crippen LogP contribution < -0.4 is 5.32 Å². The van der Waals surface area contributed by atoms with Gasteiger partial charge in [-0.3, -0.25) is 9.48 Å². The van der Waals surface area contributed by atoms with Crippen molar-refractivity contribution >= 4 is 5.91 Å². The maximum absolute atomic E-state index is 13.8. The summed E-state index contributed by atoms with van der Waals surface area (Å²) in [5.74, 6) is 0.0618. The molecule has 3 aromatic rings. The third-order valence-corrected chi connectivity index (χ3v) is 5.61. The molecular weight excluding hydrogens is 372 g/mol. The largest absolute Gasteiger partial charge is 0.333 e.